The minimum absolute atomic E-state index is 0.0480. The third-order valence-electron chi connectivity index (χ3n) is 4.40. The van der Waals surface area contributed by atoms with Crippen molar-refractivity contribution in [1.29, 1.82) is 0 Å². The molecule has 1 aliphatic rings. The molecule has 1 aliphatic heterocycles. The van der Waals surface area contributed by atoms with Crippen LogP contribution in [-0.2, 0) is 21.2 Å². The van der Waals surface area contributed by atoms with Gasteiger partial charge in [0.1, 0.15) is 0 Å². The van der Waals surface area contributed by atoms with E-state index in [1.165, 1.54) is 12.1 Å². The number of amides is 1. The van der Waals surface area contributed by atoms with Gasteiger partial charge in [-0.1, -0.05) is 35.9 Å². The van der Waals surface area contributed by atoms with Crippen LogP contribution in [0, 0.1) is 0 Å². The van der Waals surface area contributed by atoms with Crippen molar-refractivity contribution in [2.24, 2.45) is 0 Å². The van der Waals surface area contributed by atoms with Crippen LogP contribution in [0.3, 0.4) is 0 Å². The molecule has 26 heavy (non-hydrogen) atoms. The van der Waals surface area contributed by atoms with Crippen molar-refractivity contribution < 1.29 is 13.2 Å². The van der Waals surface area contributed by atoms with Crippen molar-refractivity contribution in [3.63, 3.8) is 0 Å². The summed E-state index contributed by atoms with van der Waals surface area (Å²) in [6.45, 7) is 0.712. The molecule has 0 radical (unpaired) electrons. The van der Waals surface area contributed by atoms with Gasteiger partial charge in [-0.3, -0.25) is 4.79 Å². The van der Waals surface area contributed by atoms with Crippen LogP contribution >= 0.6 is 11.6 Å². The number of sulfonamides is 1. The van der Waals surface area contributed by atoms with Gasteiger partial charge in [-0.25, -0.2) is 13.1 Å². The number of anilines is 1. The Morgan fingerprint density at radius 1 is 1.12 bits per heavy atom. The van der Waals surface area contributed by atoms with Crippen molar-refractivity contribution in [1.82, 2.24) is 4.72 Å². The molecular weight excluding hydrogens is 372 g/mol. The first-order valence-corrected chi connectivity index (χ1v) is 10.5. The summed E-state index contributed by atoms with van der Waals surface area (Å²) in [7, 11) is -3.68. The minimum atomic E-state index is -3.68. The molecule has 0 bridgehead atoms. The molecule has 0 fully saturated rings. The first kappa shape index (κ1) is 18.9. The van der Waals surface area contributed by atoms with Crippen LogP contribution in [0.1, 0.15) is 24.8 Å². The number of nitrogens with zero attached hydrogens (tertiary/aromatic N) is 1. The molecule has 0 aromatic heterocycles. The van der Waals surface area contributed by atoms with E-state index in [2.05, 4.69) is 4.72 Å². The number of rotatable bonds is 5. The van der Waals surface area contributed by atoms with Gasteiger partial charge < -0.3 is 4.90 Å². The standard InChI is InChI=1S/C19H21ClN2O3S/c20-16-8-5-9-17(14-16)26(24,25)21-12-11-19(23)22-13-4-3-7-15-6-1-2-10-18(15)22/h1-2,5-6,8-10,14,21H,3-4,7,11-13H2. The number of carbonyl (C=O) groups is 1. The lowest BCUT2D eigenvalue weighted by Crippen LogP contribution is -2.35. The van der Waals surface area contributed by atoms with Crippen LogP contribution in [-0.4, -0.2) is 27.4 Å². The number of benzene rings is 2. The molecule has 0 aliphatic carbocycles. The Morgan fingerprint density at radius 2 is 1.92 bits per heavy atom. The van der Waals surface area contributed by atoms with Gasteiger partial charge in [-0.2, -0.15) is 0 Å². The third kappa shape index (κ3) is 4.44. The second-order valence-electron chi connectivity index (χ2n) is 6.24. The number of fused-ring (bicyclic) bond motifs is 1. The lowest BCUT2D eigenvalue weighted by atomic mass is 10.1. The quantitative estimate of drug-likeness (QED) is 0.848. The van der Waals surface area contributed by atoms with Crippen LogP contribution in [0.2, 0.25) is 5.02 Å². The highest BCUT2D eigenvalue weighted by atomic mass is 35.5. The zero-order valence-electron chi connectivity index (χ0n) is 14.3. The first-order chi connectivity index (χ1) is 12.5. The zero-order valence-corrected chi connectivity index (χ0v) is 15.9. The first-order valence-electron chi connectivity index (χ1n) is 8.61. The van der Waals surface area contributed by atoms with Gasteiger partial charge in [0.05, 0.1) is 4.90 Å². The normalized spacial score (nSPS) is 14.6. The maximum absolute atomic E-state index is 12.7. The fourth-order valence-corrected chi connectivity index (χ4v) is 4.43. The fraction of sp³-hybridized carbons (Fsp3) is 0.316. The van der Waals surface area contributed by atoms with Crippen LogP contribution < -0.4 is 9.62 Å². The molecule has 0 atom stereocenters. The summed E-state index contributed by atoms with van der Waals surface area (Å²) < 4.78 is 27.1. The molecule has 1 N–H and O–H groups in total. The molecule has 3 rings (SSSR count). The largest absolute Gasteiger partial charge is 0.312 e. The van der Waals surface area contributed by atoms with E-state index >= 15 is 0 Å². The minimum Gasteiger partial charge on any atom is -0.312 e. The summed E-state index contributed by atoms with van der Waals surface area (Å²) in [6, 6.07) is 13.9. The molecule has 0 spiro atoms. The lowest BCUT2D eigenvalue weighted by Gasteiger charge is -2.23. The summed E-state index contributed by atoms with van der Waals surface area (Å²) in [6.07, 6.45) is 3.05. The number of aryl methyl sites for hydroxylation is 1. The van der Waals surface area contributed by atoms with Gasteiger partial charge in [-0.05, 0) is 49.1 Å². The molecule has 0 saturated heterocycles. The molecule has 2 aromatic carbocycles. The van der Waals surface area contributed by atoms with Gasteiger partial charge in [0.25, 0.3) is 0 Å². The Hall–Kier alpha value is -1.89. The van der Waals surface area contributed by atoms with Crippen LogP contribution in [0.25, 0.3) is 0 Å². The van der Waals surface area contributed by atoms with Gasteiger partial charge >= 0.3 is 0 Å². The second-order valence-corrected chi connectivity index (χ2v) is 8.44. The maximum atomic E-state index is 12.7. The predicted octanol–water partition coefficient (Wildman–Crippen LogP) is 3.38. The van der Waals surface area contributed by atoms with Crippen molar-refractivity contribution in [3.05, 3.63) is 59.1 Å². The van der Waals surface area contributed by atoms with Gasteiger partial charge in [-0.15, -0.1) is 0 Å². The van der Waals surface area contributed by atoms with E-state index in [1.54, 1.807) is 17.0 Å². The average molecular weight is 393 g/mol. The summed E-state index contributed by atoms with van der Waals surface area (Å²) in [5.74, 6) is -0.0758. The van der Waals surface area contributed by atoms with E-state index in [9.17, 15) is 13.2 Å². The van der Waals surface area contributed by atoms with E-state index in [-0.39, 0.29) is 23.8 Å². The van der Waals surface area contributed by atoms with E-state index in [4.69, 9.17) is 11.6 Å². The van der Waals surface area contributed by atoms with Crippen molar-refractivity contribution in [2.45, 2.75) is 30.6 Å². The second kappa shape index (κ2) is 8.20. The predicted molar refractivity (Wildman–Crippen MR) is 103 cm³/mol. The Balaban J connectivity index is 1.64. The molecule has 1 amide bonds. The Morgan fingerprint density at radius 3 is 2.73 bits per heavy atom. The zero-order chi connectivity index (χ0) is 18.6. The summed E-state index contributed by atoms with van der Waals surface area (Å²) in [4.78, 5) is 14.5. The van der Waals surface area contributed by atoms with Gasteiger partial charge in [0.2, 0.25) is 15.9 Å². The highest BCUT2D eigenvalue weighted by Gasteiger charge is 2.21. The van der Waals surface area contributed by atoms with Crippen molar-refractivity contribution in [3.8, 4) is 0 Å². The SMILES string of the molecule is O=C(CCNS(=O)(=O)c1cccc(Cl)c1)N1CCCCc2ccccc21. The molecule has 5 nitrogen and oxygen atoms in total. The highest BCUT2D eigenvalue weighted by Crippen LogP contribution is 2.26. The smallest absolute Gasteiger partial charge is 0.240 e. The monoisotopic (exact) mass is 392 g/mol. The van der Waals surface area contributed by atoms with Crippen molar-refractivity contribution >= 4 is 33.2 Å². The molecule has 7 heteroatoms. The number of nitrogens with one attached hydrogen (secondary N) is 1. The topological polar surface area (TPSA) is 66.5 Å². The number of halogens is 1. The molecular formula is C19H21ClN2O3S. The summed E-state index contributed by atoms with van der Waals surface area (Å²) >= 11 is 5.85. The summed E-state index contributed by atoms with van der Waals surface area (Å²) in [5.41, 5.74) is 2.10. The molecule has 1 heterocycles. The van der Waals surface area contributed by atoms with Crippen LogP contribution in [0.15, 0.2) is 53.4 Å². The number of hydrogen-bond acceptors (Lipinski definition) is 3. The number of carbonyl (C=O) groups excluding carboxylic acids is 1. The Bertz CT molecular complexity index is 899. The molecule has 2 aromatic rings. The van der Waals surface area contributed by atoms with Crippen molar-refractivity contribution in [2.75, 3.05) is 18.0 Å². The van der Waals surface area contributed by atoms with Gasteiger partial charge in [0, 0.05) is 30.2 Å². The molecule has 138 valence electrons. The van der Waals surface area contributed by atoms with E-state index in [1.807, 2.05) is 24.3 Å². The molecule has 0 saturated carbocycles. The maximum Gasteiger partial charge on any atom is 0.240 e. The Kier molecular flexibility index (Phi) is 5.96. The number of hydrogen-bond donors (Lipinski definition) is 1. The average Bonchev–Trinajstić information content (AvgIpc) is 2.84. The third-order valence-corrected chi connectivity index (χ3v) is 6.09. The van der Waals surface area contributed by atoms with E-state index in [0.717, 1.165) is 30.5 Å². The lowest BCUT2D eigenvalue weighted by molar-refractivity contribution is -0.118. The Labute approximate surface area is 159 Å². The van der Waals surface area contributed by atoms with E-state index < -0.39 is 10.0 Å². The van der Waals surface area contributed by atoms with Crippen LogP contribution in [0.5, 0.6) is 0 Å². The van der Waals surface area contributed by atoms with E-state index in [0.29, 0.717) is 11.6 Å². The fourth-order valence-electron chi connectivity index (χ4n) is 3.10. The van der Waals surface area contributed by atoms with Crippen LogP contribution in [0.4, 0.5) is 5.69 Å². The summed E-state index contributed by atoms with van der Waals surface area (Å²) in [5, 5.41) is 0.352. The van der Waals surface area contributed by atoms with Gasteiger partial charge in [0.15, 0.2) is 0 Å². The number of para-hydroxylation sites is 1. The molecule has 0 unspecified atom stereocenters. The highest BCUT2D eigenvalue weighted by molar-refractivity contribution is 7.89.